The summed E-state index contributed by atoms with van der Waals surface area (Å²) in [4.78, 5) is 27.0. The predicted molar refractivity (Wildman–Crippen MR) is 153 cm³/mol. The second-order valence-corrected chi connectivity index (χ2v) is 11.2. The molecule has 2 aromatic heterocycles. The molecule has 1 unspecified atom stereocenters. The number of benzene rings is 1. The van der Waals surface area contributed by atoms with Crippen molar-refractivity contribution in [1.29, 1.82) is 0 Å². The molecule has 0 aliphatic rings. The Balaban J connectivity index is 1.81. The number of para-hydroxylation sites is 1. The fraction of sp³-hybridized carbons (Fsp3) is 0.462. The molecule has 0 saturated carbocycles. The number of aromatic nitrogens is 4. The van der Waals surface area contributed by atoms with Crippen molar-refractivity contribution in [3.05, 3.63) is 36.7 Å². The zero-order valence-electron chi connectivity index (χ0n) is 23.6. The van der Waals surface area contributed by atoms with Gasteiger partial charge in [-0.1, -0.05) is 18.2 Å². The van der Waals surface area contributed by atoms with Crippen molar-refractivity contribution in [3.8, 4) is 18.1 Å². The van der Waals surface area contributed by atoms with E-state index in [1.807, 2.05) is 0 Å². The Kier molecular flexibility index (Phi) is 11.0. The quantitative estimate of drug-likeness (QED) is 0.134. The molecule has 0 amide bonds. The number of nitrogens with two attached hydrogens (primary N) is 1. The van der Waals surface area contributed by atoms with E-state index in [-0.39, 0.29) is 31.0 Å². The number of imidazole rings is 1. The van der Waals surface area contributed by atoms with E-state index in [4.69, 9.17) is 30.7 Å². The Bertz CT molecular complexity index is 1390. The molecule has 0 bridgehead atoms. The highest BCUT2D eigenvalue weighted by Crippen LogP contribution is 2.45. The van der Waals surface area contributed by atoms with E-state index in [1.54, 1.807) is 67.7 Å². The third-order valence-electron chi connectivity index (χ3n) is 5.50. The summed E-state index contributed by atoms with van der Waals surface area (Å²) >= 11 is 0. The highest BCUT2D eigenvalue weighted by atomic mass is 31.2. The summed E-state index contributed by atoms with van der Waals surface area (Å²) in [5, 5.41) is 13.3. The first-order valence-corrected chi connectivity index (χ1v) is 14.3. The standard InChI is InChI=1S/C26H36N7O7P/c1-7-11-20(34)21(37-16-33-15-28-22-23(32(5)6)29-26(27)30-24(22)33)14-38-41(36,40-19-12-9-8-10-13-19)31-18(4)25(35)39-17(2)3/h1,8-10,12-13,15,17-18,20-21,34H,11,14,16H2,2-6H3,(H,31,36)(H2,27,29,30)/t18-,20-,21+,41?/m0/s1. The number of carbonyl (C=O) groups is 1. The Morgan fingerprint density at radius 3 is 2.59 bits per heavy atom. The molecule has 0 fully saturated rings. The van der Waals surface area contributed by atoms with Crippen molar-refractivity contribution in [3.63, 3.8) is 0 Å². The summed E-state index contributed by atoms with van der Waals surface area (Å²) in [7, 11) is -0.611. The van der Waals surface area contributed by atoms with Crippen LogP contribution in [0.2, 0.25) is 0 Å². The number of rotatable bonds is 15. The average molecular weight is 590 g/mol. The van der Waals surface area contributed by atoms with E-state index >= 15 is 0 Å². The van der Waals surface area contributed by atoms with Gasteiger partial charge >= 0.3 is 13.7 Å². The number of carbonyl (C=O) groups excluding carboxylic acids is 1. The summed E-state index contributed by atoms with van der Waals surface area (Å²) in [6.45, 7) is 4.31. The number of fused-ring (bicyclic) bond motifs is 1. The lowest BCUT2D eigenvalue weighted by Crippen LogP contribution is -2.38. The molecule has 4 N–H and O–H groups in total. The van der Waals surface area contributed by atoms with Gasteiger partial charge in [-0.3, -0.25) is 13.9 Å². The van der Waals surface area contributed by atoms with Crippen molar-refractivity contribution >= 4 is 36.6 Å². The molecule has 4 atom stereocenters. The molecule has 0 aliphatic heterocycles. The number of terminal acetylenes is 1. The summed E-state index contributed by atoms with van der Waals surface area (Å²) < 4.78 is 37.9. The van der Waals surface area contributed by atoms with E-state index in [1.165, 1.54) is 13.3 Å². The molecule has 41 heavy (non-hydrogen) atoms. The number of hydrogen-bond donors (Lipinski definition) is 3. The number of hydrogen-bond acceptors (Lipinski definition) is 12. The normalized spacial score (nSPS) is 15.1. The topological polar surface area (TPSA) is 176 Å². The van der Waals surface area contributed by atoms with Crippen LogP contribution >= 0.6 is 7.75 Å². The number of nitrogens with one attached hydrogen (secondary N) is 1. The zero-order valence-corrected chi connectivity index (χ0v) is 24.5. The highest BCUT2D eigenvalue weighted by Gasteiger charge is 2.35. The van der Waals surface area contributed by atoms with Crippen LogP contribution in [0.1, 0.15) is 27.2 Å². The smallest absolute Gasteiger partial charge is 0.459 e. The van der Waals surface area contributed by atoms with Crippen molar-refractivity contribution in [2.24, 2.45) is 0 Å². The third-order valence-corrected chi connectivity index (χ3v) is 7.15. The van der Waals surface area contributed by atoms with Crippen molar-refractivity contribution in [1.82, 2.24) is 24.6 Å². The van der Waals surface area contributed by atoms with Gasteiger partial charge in [0.1, 0.15) is 24.6 Å². The van der Waals surface area contributed by atoms with Crippen LogP contribution in [-0.4, -0.2) is 75.7 Å². The third kappa shape index (κ3) is 8.88. The summed E-state index contributed by atoms with van der Waals surface area (Å²) in [6.07, 6.45) is 4.19. The van der Waals surface area contributed by atoms with Gasteiger partial charge in [0.25, 0.3) is 0 Å². The lowest BCUT2D eigenvalue weighted by atomic mass is 10.1. The first-order valence-electron chi connectivity index (χ1n) is 12.8. The van der Waals surface area contributed by atoms with Crippen LogP contribution in [0.15, 0.2) is 36.7 Å². The molecule has 3 aromatic rings. The monoisotopic (exact) mass is 589 g/mol. The lowest BCUT2D eigenvalue weighted by Gasteiger charge is -2.27. The van der Waals surface area contributed by atoms with Gasteiger partial charge in [-0.15, -0.1) is 12.3 Å². The lowest BCUT2D eigenvalue weighted by molar-refractivity contribution is -0.149. The van der Waals surface area contributed by atoms with Gasteiger partial charge in [0.05, 0.1) is 25.1 Å². The maximum atomic E-state index is 13.8. The van der Waals surface area contributed by atoms with Crippen molar-refractivity contribution < 1.29 is 33.0 Å². The molecule has 1 aromatic carbocycles. The van der Waals surface area contributed by atoms with E-state index in [0.29, 0.717) is 17.0 Å². The van der Waals surface area contributed by atoms with Crippen molar-refractivity contribution in [2.45, 2.75) is 58.3 Å². The maximum absolute atomic E-state index is 13.8. The largest absolute Gasteiger partial charge is 0.462 e. The predicted octanol–water partition coefficient (Wildman–Crippen LogP) is 2.33. The van der Waals surface area contributed by atoms with Gasteiger partial charge in [0.15, 0.2) is 17.0 Å². The number of aliphatic hydroxyl groups excluding tert-OH is 1. The van der Waals surface area contributed by atoms with Gasteiger partial charge in [-0.05, 0) is 32.9 Å². The number of nitrogens with zero attached hydrogens (tertiary/aromatic N) is 5. The molecule has 14 nitrogen and oxygen atoms in total. The Labute approximate surface area is 238 Å². The van der Waals surface area contributed by atoms with Crippen LogP contribution < -0.4 is 20.2 Å². The van der Waals surface area contributed by atoms with Gasteiger partial charge in [-0.2, -0.15) is 15.1 Å². The van der Waals surface area contributed by atoms with Crippen LogP contribution in [0, 0.1) is 12.3 Å². The van der Waals surface area contributed by atoms with E-state index in [0.717, 1.165) is 0 Å². The molecule has 0 spiro atoms. The highest BCUT2D eigenvalue weighted by molar-refractivity contribution is 7.52. The van der Waals surface area contributed by atoms with E-state index in [9.17, 15) is 14.5 Å². The average Bonchev–Trinajstić information content (AvgIpc) is 3.30. The molecule has 2 heterocycles. The molecule has 0 aliphatic carbocycles. The minimum atomic E-state index is -4.21. The zero-order chi connectivity index (χ0) is 30.2. The van der Waals surface area contributed by atoms with Crippen LogP contribution in [0.5, 0.6) is 5.75 Å². The molecule has 0 radical (unpaired) electrons. The van der Waals surface area contributed by atoms with Gasteiger partial charge in [0.2, 0.25) is 5.95 Å². The fourth-order valence-corrected chi connectivity index (χ4v) is 5.06. The van der Waals surface area contributed by atoms with Gasteiger partial charge in [-0.25, -0.2) is 9.55 Å². The van der Waals surface area contributed by atoms with Crippen LogP contribution in [0.25, 0.3) is 11.2 Å². The maximum Gasteiger partial charge on any atom is 0.459 e. The summed E-state index contributed by atoms with van der Waals surface area (Å²) in [5.41, 5.74) is 6.79. The first-order chi connectivity index (χ1) is 19.4. The van der Waals surface area contributed by atoms with Gasteiger partial charge in [0, 0.05) is 20.5 Å². The van der Waals surface area contributed by atoms with Crippen LogP contribution in [0.4, 0.5) is 11.8 Å². The van der Waals surface area contributed by atoms with Crippen LogP contribution in [0.3, 0.4) is 0 Å². The minimum absolute atomic E-state index is 0.0467. The number of nitrogen functional groups attached to an aromatic ring is 1. The SMILES string of the molecule is C#CC[C@H](O)[C@@H](COP(=O)(N[C@@H](C)C(=O)OC(C)C)Oc1ccccc1)OCn1cnc2c(N(C)C)nc(N)nc21. The Hall–Kier alpha value is -3.73. The summed E-state index contributed by atoms with van der Waals surface area (Å²) in [5.74, 6) is 2.53. The number of aliphatic hydroxyl groups is 1. The molecular formula is C26H36N7O7P. The second kappa shape index (κ2) is 14.2. The number of ether oxygens (including phenoxy) is 2. The molecule has 3 rings (SSSR count). The molecular weight excluding hydrogens is 553 g/mol. The van der Waals surface area contributed by atoms with E-state index in [2.05, 4.69) is 26.0 Å². The van der Waals surface area contributed by atoms with Gasteiger partial charge < -0.3 is 29.7 Å². The second-order valence-electron chi connectivity index (χ2n) is 9.53. The van der Waals surface area contributed by atoms with Crippen molar-refractivity contribution in [2.75, 3.05) is 31.3 Å². The van der Waals surface area contributed by atoms with E-state index < -0.39 is 38.6 Å². The van der Waals surface area contributed by atoms with Crippen LogP contribution in [-0.2, 0) is 30.1 Å². The Morgan fingerprint density at radius 1 is 1.24 bits per heavy atom. The first kappa shape index (κ1) is 31.8. The molecule has 15 heteroatoms. The summed E-state index contributed by atoms with van der Waals surface area (Å²) in [6, 6.07) is 7.24. The number of esters is 1. The minimum Gasteiger partial charge on any atom is -0.462 e. The number of anilines is 2. The fourth-order valence-electron chi connectivity index (χ4n) is 3.56. The Morgan fingerprint density at radius 2 is 1.95 bits per heavy atom. The molecule has 222 valence electrons. The molecule has 0 saturated heterocycles.